The van der Waals surface area contributed by atoms with Crippen LogP contribution in [0.15, 0.2) is 59.2 Å². The Kier molecular flexibility index (Phi) is 22.8. The van der Waals surface area contributed by atoms with Gasteiger partial charge in [-0.3, -0.25) is 9.59 Å². The summed E-state index contributed by atoms with van der Waals surface area (Å²) in [4.78, 5) is 51.3. The van der Waals surface area contributed by atoms with Crippen LogP contribution in [0.1, 0.15) is 80.0 Å². The first-order valence-electron chi connectivity index (χ1n) is 17.9. The van der Waals surface area contributed by atoms with Gasteiger partial charge in [0.25, 0.3) is 0 Å². The number of esters is 4. The van der Waals surface area contributed by atoms with Gasteiger partial charge >= 0.3 is 23.9 Å². The van der Waals surface area contributed by atoms with Gasteiger partial charge < -0.3 is 43.4 Å². The Morgan fingerprint density at radius 2 is 1.15 bits per heavy atom. The monoisotopic (exact) mass is 732 g/mol. The minimum atomic E-state index is -0.729. The Morgan fingerprint density at radius 3 is 1.67 bits per heavy atom. The van der Waals surface area contributed by atoms with E-state index in [-0.39, 0.29) is 90.4 Å². The van der Waals surface area contributed by atoms with E-state index in [0.717, 1.165) is 31.3 Å². The van der Waals surface area contributed by atoms with Crippen molar-refractivity contribution in [2.75, 3.05) is 79.3 Å². The first-order valence-corrected chi connectivity index (χ1v) is 17.9. The van der Waals surface area contributed by atoms with Crippen molar-refractivity contribution in [1.29, 1.82) is 0 Å². The Bertz CT molecular complexity index is 1330. The lowest BCUT2D eigenvalue weighted by molar-refractivity contribution is -0.162. The first-order chi connectivity index (χ1) is 25.2. The van der Waals surface area contributed by atoms with Gasteiger partial charge in [0.05, 0.1) is 75.8 Å². The standard InChI is InChI=1S/C39H56O13/c1-29(2)8-6-9-30(3)10-7-11-31-14-15-34(38(44)51-25-21-47-19-17-41)35(28-31)39(45)52-27-23-48-22-26-50-37(43)33-13-5-4-12-32(33)36(42)49-24-20-46-18-16-40/h4-5,8,10,12-14,34-35,40-41H,6-7,9,11,15-28H2,1-3H3/b30-10+. The SMILES string of the molecule is CC(C)=CCC/C(C)=C/CCC1=CCC(C(=O)OCCOCCO)C(C(=O)OCCOCCOC(=O)c2ccccc2C(=O)OCCOCCO)C1. The maximum Gasteiger partial charge on any atom is 0.339 e. The molecule has 0 aliphatic heterocycles. The minimum absolute atomic E-state index is 0.0140. The Labute approximate surface area is 306 Å². The number of rotatable bonds is 26. The quantitative estimate of drug-likeness (QED) is 0.0589. The zero-order chi connectivity index (χ0) is 38.0. The average Bonchev–Trinajstić information content (AvgIpc) is 3.13. The molecule has 0 amide bonds. The fraction of sp³-hybridized carbons (Fsp3) is 0.590. The number of hydrogen-bond donors (Lipinski definition) is 2. The molecule has 13 heteroatoms. The van der Waals surface area contributed by atoms with E-state index in [1.807, 2.05) is 6.08 Å². The third-order valence-electron chi connectivity index (χ3n) is 7.99. The van der Waals surface area contributed by atoms with E-state index in [2.05, 4.69) is 32.9 Å². The number of benzene rings is 1. The van der Waals surface area contributed by atoms with Crippen LogP contribution in [-0.2, 0) is 42.7 Å². The molecule has 13 nitrogen and oxygen atoms in total. The largest absolute Gasteiger partial charge is 0.463 e. The van der Waals surface area contributed by atoms with Gasteiger partial charge in [0, 0.05) is 0 Å². The third kappa shape index (κ3) is 18.1. The summed E-state index contributed by atoms with van der Waals surface area (Å²) in [7, 11) is 0. The maximum atomic E-state index is 13.3. The van der Waals surface area contributed by atoms with E-state index in [4.69, 9.17) is 43.4 Å². The summed E-state index contributed by atoms with van der Waals surface area (Å²) in [5, 5.41) is 17.6. The molecule has 1 aliphatic rings. The normalized spacial score (nSPS) is 15.7. The highest BCUT2D eigenvalue weighted by Gasteiger charge is 2.38. The molecule has 2 atom stereocenters. The van der Waals surface area contributed by atoms with Gasteiger partial charge in [0.2, 0.25) is 0 Å². The lowest BCUT2D eigenvalue weighted by atomic mass is 9.78. The zero-order valence-corrected chi connectivity index (χ0v) is 30.8. The molecule has 290 valence electrons. The average molecular weight is 733 g/mol. The highest BCUT2D eigenvalue weighted by Crippen LogP contribution is 2.34. The number of aliphatic hydroxyl groups excluding tert-OH is 2. The summed E-state index contributed by atoms with van der Waals surface area (Å²) < 4.78 is 37.0. The Morgan fingerprint density at radius 1 is 0.654 bits per heavy atom. The van der Waals surface area contributed by atoms with Crippen LogP contribution in [0.5, 0.6) is 0 Å². The molecule has 1 aliphatic carbocycles. The van der Waals surface area contributed by atoms with Gasteiger partial charge in [-0.2, -0.15) is 0 Å². The molecule has 1 aromatic carbocycles. The topological polar surface area (TPSA) is 173 Å². The van der Waals surface area contributed by atoms with Crippen molar-refractivity contribution < 1.29 is 62.5 Å². The molecule has 0 saturated heterocycles. The van der Waals surface area contributed by atoms with Crippen molar-refractivity contribution in [2.24, 2.45) is 11.8 Å². The number of carbonyl (C=O) groups excluding carboxylic acids is 4. The molecule has 0 saturated carbocycles. The molecule has 2 unspecified atom stereocenters. The fourth-order valence-electron chi connectivity index (χ4n) is 5.31. The number of allylic oxidation sites excluding steroid dienone is 6. The van der Waals surface area contributed by atoms with E-state index in [1.165, 1.54) is 23.3 Å². The summed E-state index contributed by atoms with van der Waals surface area (Å²) in [6, 6.07) is 6.09. The maximum absolute atomic E-state index is 13.3. The van der Waals surface area contributed by atoms with Crippen LogP contribution in [0, 0.1) is 11.8 Å². The van der Waals surface area contributed by atoms with Crippen LogP contribution >= 0.6 is 0 Å². The van der Waals surface area contributed by atoms with Crippen LogP contribution in [0.2, 0.25) is 0 Å². The van der Waals surface area contributed by atoms with Crippen LogP contribution < -0.4 is 0 Å². The van der Waals surface area contributed by atoms with Crippen molar-refractivity contribution in [3.63, 3.8) is 0 Å². The van der Waals surface area contributed by atoms with E-state index in [9.17, 15) is 19.2 Å². The van der Waals surface area contributed by atoms with Gasteiger partial charge in [-0.05, 0) is 71.4 Å². The van der Waals surface area contributed by atoms with Crippen molar-refractivity contribution in [2.45, 2.75) is 59.3 Å². The first kappa shape index (κ1) is 44.3. The zero-order valence-electron chi connectivity index (χ0n) is 30.8. The van der Waals surface area contributed by atoms with Crippen molar-refractivity contribution in [3.8, 4) is 0 Å². The smallest absolute Gasteiger partial charge is 0.339 e. The molecule has 0 aromatic heterocycles. The summed E-state index contributed by atoms with van der Waals surface area (Å²) in [5.74, 6) is -3.87. The van der Waals surface area contributed by atoms with Crippen molar-refractivity contribution in [1.82, 2.24) is 0 Å². The Hall–Kier alpha value is -3.88. The molecule has 2 rings (SSSR count). The van der Waals surface area contributed by atoms with E-state index in [1.54, 1.807) is 12.1 Å². The highest BCUT2D eigenvalue weighted by atomic mass is 16.6. The molecular formula is C39H56O13. The predicted molar refractivity (Wildman–Crippen MR) is 192 cm³/mol. The molecule has 0 fully saturated rings. The summed E-state index contributed by atoms with van der Waals surface area (Å²) in [5.41, 5.74) is 3.78. The molecular weight excluding hydrogens is 676 g/mol. The van der Waals surface area contributed by atoms with Crippen LogP contribution in [0.3, 0.4) is 0 Å². The van der Waals surface area contributed by atoms with Crippen LogP contribution in [-0.4, -0.2) is 113 Å². The summed E-state index contributed by atoms with van der Waals surface area (Å²) in [6.07, 6.45) is 10.8. The van der Waals surface area contributed by atoms with Crippen LogP contribution in [0.4, 0.5) is 0 Å². The molecule has 0 heterocycles. The number of aliphatic hydroxyl groups is 2. The second-order valence-corrected chi connectivity index (χ2v) is 12.4. The number of ether oxygens (including phenoxy) is 7. The van der Waals surface area contributed by atoms with Gasteiger partial charge in [-0.25, -0.2) is 9.59 Å². The summed E-state index contributed by atoms with van der Waals surface area (Å²) in [6.45, 7) is 6.39. The minimum Gasteiger partial charge on any atom is -0.463 e. The second-order valence-electron chi connectivity index (χ2n) is 12.4. The predicted octanol–water partition coefficient (Wildman–Crippen LogP) is 4.55. The molecule has 52 heavy (non-hydrogen) atoms. The van der Waals surface area contributed by atoms with Crippen molar-refractivity contribution in [3.05, 3.63) is 70.3 Å². The van der Waals surface area contributed by atoms with Gasteiger partial charge in [0.1, 0.15) is 26.4 Å². The number of hydrogen-bond acceptors (Lipinski definition) is 13. The van der Waals surface area contributed by atoms with E-state index < -0.39 is 35.7 Å². The molecule has 0 bridgehead atoms. The number of carbonyl (C=O) groups is 4. The van der Waals surface area contributed by atoms with Gasteiger partial charge in [-0.15, -0.1) is 0 Å². The molecule has 0 radical (unpaired) electrons. The third-order valence-corrected chi connectivity index (χ3v) is 7.99. The summed E-state index contributed by atoms with van der Waals surface area (Å²) >= 11 is 0. The molecule has 1 aromatic rings. The van der Waals surface area contributed by atoms with Gasteiger partial charge in [0.15, 0.2) is 0 Å². The van der Waals surface area contributed by atoms with Crippen LogP contribution in [0.25, 0.3) is 0 Å². The fourth-order valence-corrected chi connectivity index (χ4v) is 5.31. The molecule has 0 spiro atoms. The second kappa shape index (κ2) is 26.8. The lowest BCUT2D eigenvalue weighted by Crippen LogP contribution is -2.35. The van der Waals surface area contributed by atoms with Crippen molar-refractivity contribution >= 4 is 23.9 Å². The van der Waals surface area contributed by atoms with E-state index >= 15 is 0 Å². The Balaban J connectivity index is 1.83. The van der Waals surface area contributed by atoms with E-state index in [0.29, 0.717) is 12.8 Å². The lowest BCUT2D eigenvalue weighted by Gasteiger charge is -2.28. The van der Waals surface area contributed by atoms with Gasteiger partial charge in [-0.1, -0.05) is 47.1 Å². The highest BCUT2D eigenvalue weighted by molar-refractivity contribution is 6.03. The molecule has 2 N–H and O–H groups in total.